The smallest absolute Gasteiger partial charge is 0.0672 e. The summed E-state index contributed by atoms with van der Waals surface area (Å²) >= 11 is 6.21. The average molecular weight is 292 g/mol. The van der Waals surface area contributed by atoms with Crippen LogP contribution in [0, 0.1) is 58.2 Å². The van der Waals surface area contributed by atoms with Crippen LogP contribution in [0.25, 0.3) is 0 Å². The van der Waals surface area contributed by atoms with Crippen LogP contribution < -0.4 is 5.73 Å². The summed E-state index contributed by atoms with van der Waals surface area (Å²) in [6, 6.07) is 4.88. The normalized spacial score (nSPS) is 51.2. The van der Waals surface area contributed by atoms with Gasteiger partial charge in [-0.05, 0) is 62.2 Å². The molecule has 6 atom stereocenters. The molecule has 0 bridgehead atoms. The molecule has 0 radical (unpaired) electrons. The number of fused-ring (bicyclic) bond motifs is 1. The Morgan fingerprint density at radius 3 is 2.05 bits per heavy atom. The first kappa shape index (κ1) is 14.2. The SMILES string of the molecule is N#CC1CC2CC(C#N)C(C3CCC(Cl)CC3)C2C1N. The summed E-state index contributed by atoms with van der Waals surface area (Å²) in [5.41, 5.74) is 6.36. The molecule has 0 spiro atoms. The van der Waals surface area contributed by atoms with Crippen LogP contribution in [0.5, 0.6) is 0 Å². The van der Waals surface area contributed by atoms with Crippen molar-refractivity contribution in [2.45, 2.75) is 49.9 Å². The highest BCUT2D eigenvalue weighted by molar-refractivity contribution is 6.20. The molecule has 0 heterocycles. The Bertz CT molecular complexity index is 444. The molecule has 3 rings (SSSR count). The molecule has 2 N–H and O–H groups in total. The molecule has 0 amide bonds. The number of nitriles is 2. The first-order valence-corrected chi connectivity index (χ1v) is 8.28. The van der Waals surface area contributed by atoms with Gasteiger partial charge in [0, 0.05) is 11.4 Å². The number of hydrogen-bond donors (Lipinski definition) is 1. The van der Waals surface area contributed by atoms with E-state index in [1.165, 1.54) is 0 Å². The monoisotopic (exact) mass is 291 g/mol. The highest BCUT2D eigenvalue weighted by Gasteiger charge is 2.55. The maximum atomic E-state index is 9.50. The van der Waals surface area contributed by atoms with Crippen LogP contribution in [0.4, 0.5) is 0 Å². The molecule has 0 aromatic heterocycles. The molecule has 0 aliphatic heterocycles. The van der Waals surface area contributed by atoms with Gasteiger partial charge in [-0.1, -0.05) is 0 Å². The van der Waals surface area contributed by atoms with E-state index in [9.17, 15) is 10.5 Å². The van der Waals surface area contributed by atoms with E-state index in [0.717, 1.165) is 38.5 Å². The van der Waals surface area contributed by atoms with Gasteiger partial charge in [0.05, 0.1) is 24.0 Å². The van der Waals surface area contributed by atoms with Crippen LogP contribution >= 0.6 is 11.6 Å². The minimum absolute atomic E-state index is 0.00323. The molecule has 20 heavy (non-hydrogen) atoms. The number of nitrogens with zero attached hydrogens (tertiary/aromatic N) is 2. The van der Waals surface area contributed by atoms with E-state index in [-0.39, 0.29) is 17.9 Å². The molecule has 108 valence electrons. The summed E-state index contributed by atoms with van der Waals surface area (Å²) in [7, 11) is 0. The van der Waals surface area contributed by atoms with Crippen molar-refractivity contribution in [2.75, 3.05) is 0 Å². The Balaban J connectivity index is 1.80. The molecule has 0 aromatic rings. The van der Waals surface area contributed by atoms with Crippen LogP contribution in [-0.4, -0.2) is 11.4 Å². The van der Waals surface area contributed by atoms with Gasteiger partial charge in [-0.25, -0.2) is 0 Å². The van der Waals surface area contributed by atoms with Gasteiger partial charge in [-0.15, -0.1) is 11.6 Å². The standard InChI is InChI=1S/C16H22ClN3/c17-13-3-1-9(2-4-13)14-11(7-18)5-10-6-12(8-19)16(20)15(10)14/h9-16H,1-6,20H2. The summed E-state index contributed by atoms with van der Waals surface area (Å²) in [4.78, 5) is 0. The largest absolute Gasteiger partial charge is 0.326 e. The highest BCUT2D eigenvalue weighted by Crippen LogP contribution is 2.56. The topological polar surface area (TPSA) is 73.6 Å². The van der Waals surface area contributed by atoms with E-state index in [0.29, 0.717) is 29.0 Å². The summed E-state index contributed by atoms with van der Waals surface area (Å²) < 4.78 is 0. The highest BCUT2D eigenvalue weighted by atomic mass is 35.5. The Labute approximate surface area is 126 Å². The van der Waals surface area contributed by atoms with Crippen molar-refractivity contribution in [3.8, 4) is 12.1 Å². The second-order valence-electron chi connectivity index (χ2n) is 6.95. The number of hydrogen-bond acceptors (Lipinski definition) is 3. The summed E-state index contributed by atoms with van der Waals surface area (Å²) in [5.74, 6) is 2.03. The van der Waals surface area contributed by atoms with Crippen molar-refractivity contribution in [3.63, 3.8) is 0 Å². The van der Waals surface area contributed by atoms with Crippen molar-refractivity contribution in [3.05, 3.63) is 0 Å². The lowest BCUT2D eigenvalue weighted by Gasteiger charge is -2.36. The molecule has 4 heteroatoms. The van der Waals surface area contributed by atoms with Gasteiger partial charge in [0.1, 0.15) is 0 Å². The van der Waals surface area contributed by atoms with E-state index >= 15 is 0 Å². The molecule has 6 unspecified atom stereocenters. The average Bonchev–Trinajstić information content (AvgIpc) is 2.96. The Morgan fingerprint density at radius 2 is 1.45 bits per heavy atom. The number of halogens is 1. The van der Waals surface area contributed by atoms with Crippen molar-refractivity contribution in [1.29, 1.82) is 10.5 Å². The lowest BCUT2D eigenvalue weighted by atomic mass is 9.70. The zero-order valence-corrected chi connectivity index (χ0v) is 12.5. The zero-order chi connectivity index (χ0) is 14.3. The molecule has 3 nitrogen and oxygen atoms in total. The van der Waals surface area contributed by atoms with Gasteiger partial charge >= 0.3 is 0 Å². The van der Waals surface area contributed by atoms with E-state index < -0.39 is 0 Å². The first-order valence-electron chi connectivity index (χ1n) is 7.84. The Morgan fingerprint density at radius 1 is 0.850 bits per heavy atom. The first-order chi connectivity index (χ1) is 9.65. The minimum atomic E-state index is -0.0259. The third-order valence-corrected chi connectivity index (χ3v) is 6.49. The maximum absolute atomic E-state index is 9.50. The van der Waals surface area contributed by atoms with Crippen LogP contribution in [0.2, 0.25) is 0 Å². The summed E-state index contributed by atoms with van der Waals surface area (Å²) in [6.07, 6.45) is 6.25. The van der Waals surface area contributed by atoms with E-state index in [2.05, 4.69) is 12.1 Å². The van der Waals surface area contributed by atoms with Crippen molar-refractivity contribution >= 4 is 11.6 Å². The molecular formula is C16H22ClN3. The van der Waals surface area contributed by atoms with Crippen LogP contribution in [-0.2, 0) is 0 Å². The zero-order valence-electron chi connectivity index (χ0n) is 11.7. The molecular weight excluding hydrogens is 270 g/mol. The predicted octanol–water partition coefficient (Wildman–Crippen LogP) is 3.05. The summed E-state index contributed by atoms with van der Waals surface area (Å²) in [5, 5.41) is 19.0. The molecule has 0 aromatic carbocycles. The lowest BCUT2D eigenvalue weighted by Crippen LogP contribution is -2.39. The lowest BCUT2D eigenvalue weighted by molar-refractivity contribution is 0.161. The fourth-order valence-electron chi connectivity index (χ4n) is 5.18. The number of nitrogens with two attached hydrogens (primary N) is 1. The van der Waals surface area contributed by atoms with Crippen LogP contribution in [0.15, 0.2) is 0 Å². The molecule has 0 saturated heterocycles. The fraction of sp³-hybridized carbons (Fsp3) is 0.875. The van der Waals surface area contributed by atoms with E-state index in [4.69, 9.17) is 17.3 Å². The third kappa shape index (κ3) is 2.22. The van der Waals surface area contributed by atoms with E-state index in [1.54, 1.807) is 0 Å². The van der Waals surface area contributed by atoms with Gasteiger partial charge < -0.3 is 5.73 Å². The maximum Gasteiger partial charge on any atom is 0.0672 e. The van der Waals surface area contributed by atoms with Crippen LogP contribution in [0.1, 0.15) is 38.5 Å². The predicted molar refractivity (Wildman–Crippen MR) is 77.5 cm³/mol. The van der Waals surface area contributed by atoms with Crippen LogP contribution in [0.3, 0.4) is 0 Å². The summed E-state index contributed by atoms with van der Waals surface area (Å²) in [6.45, 7) is 0. The van der Waals surface area contributed by atoms with Gasteiger partial charge in [0.15, 0.2) is 0 Å². The van der Waals surface area contributed by atoms with E-state index in [1.807, 2.05) is 0 Å². The van der Waals surface area contributed by atoms with Crippen molar-refractivity contribution in [1.82, 2.24) is 0 Å². The van der Waals surface area contributed by atoms with Crippen molar-refractivity contribution < 1.29 is 0 Å². The second-order valence-corrected chi connectivity index (χ2v) is 7.56. The van der Waals surface area contributed by atoms with Gasteiger partial charge in [0.25, 0.3) is 0 Å². The fourth-order valence-corrected chi connectivity index (χ4v) is 5.43. The minimum Gasteiger partial charge on any atom is -0.326 e. The van der Waals surface area contributed by atoms with Crippen molar-refractivity contribution in [2.24, 2.45) is 41.2 Å². The molecule has 3 saturated carbocycles. The van der Waals surface area contributed by atoms with Gasteiger partial charge in [0.2, 0.25) is 0 Å². The number of rotatable bonds is 1. The van der Waals surface area contributed by atoms with Gasteiger partial charge in [-0.3, -0.25) is 0 Å². The quantitative estimate of drug-likeness (QED) is 0.755. The Kier molecular flexibility index (Phi) is 3.93. The van der Waals surface area contributed by atoms with Gasteiger partial charge in [-0.2, -0.15) is 10.5 Å². The number of alkyl halides is 1. The molecule has 3 aliphatic carbocycles. The molecule has 3 fully saturated rings. The Hall–Kier alpha value is -0.770. The second kappa shape index (κ2) is 5.55. The third-order valence-electron chi connectivity index (χ3n) is 6.05. The molecule has 3 aliphatic rings.